The van der Waals surface area contributed by atoms with Crippen molar-refractivity contribution in [3.8, 4) is 17.0 Å². The van der Waals surface area contributed by atoms with Gasteiger partial charge in [0.2, 0.25) is 5.65 Å². The predicted octanol–water partition coefficient (Wildman–Crippen LogP) is 2.07. The second kappa shape index (κ2) is 7.47. The Balaban J connectivity index is 1.68. The van der Waals surface area contributed by atoms with Crippen LogP contribution in [-0.4, -0.2) is 32.1 Å². The lowest BCUT2D eigenvalue weighted by molar-refractivity contribution is 0.0945. The molecule has 0 radical (unpaired) electrons. The quantitative estimate of drug-likeness (QED) is 0.539. The highest BCUT2D eigenvalue weighted by atomic mass is 19.1. The maximum Gasteiger partial charge on any atom is 0.294 e. The number of nitrogens with one attached hydrogen (secondary N) is 1. The number of ether oxygens (including phenoxy) is 1. The molecule has 9 nitrogen and oxygen atoms in total. The number of halogens is 1. The third-order valence-electron chi connectivity index (χ3n) is 4.64. The van der Waals surface area contributed by atoms with Gasteiger partial charge in [-0.05, 0) is 19.1 Å². The Bertz CT molecular complexity index is 1320. The molecule has 4 aromatic rings. The number of nitrogens with zero attached hydrogens (tertiary/aromatic N) is 4. The van der Waals surface area contributed by atoms with Gasteiger partial charge in [0.05, 0.1) is 19.3 Å². The highest BCUT2D eigenvalue weighted by Crippen LogP contribution is 2.25. The van der Waals surface area contributed by atoms with E-state index in [-0.39, 0.29) is 23.4 Å². The Hall–Kier alpha value is -3.95. The smallest absolute Gasteiger partial charge is 0.294 e. The summed E-state index contributed by atoms with van der Waals surface area (Å²) in [5.41, 5.74) is 0.762. The van der Waals surface area contributed by atoms with Crippen LogP contribution >= 0.6 is 0 Å². The number of carbonyl (C=O) groups excluding carboxylic acids is 1. The van der Waals surface area contributed by atoms with Crippen LogP contribution in [0, 0.1) is 12.7 Å². The van der Waals surface area contributed by atoms with Gasteiger partial charge in [-0.3, -0.25) is 14.0 Å². The van der Waals surface area contributed by atoms with Gasteiger partial charge in [-0.2, -0.15) is 0 Å². The van der Waals surface area contributed by atoms with Crippen molar-refractivity contribution in [2.45, 2.75) is 13.5 Å². The van der Waals surface area contributed by atoms with E-state index >= 15 is 0 Å². The Kier molecular flexibility index (Phi) is 4.82. The van der Waals surface area contributed by atoms with Crippen molar-refractivity contribution in [1.29, 1.82) is 0 Å². The van der Waals surface area contributed by atoms with Crippen LogP contribution in [0.4, 0.5) is 4.39 Å². The van der Waals surface area contributed by atoms with E-state index in [4.69, 9.17) is 9.26 Å². The largest absolute Gasteiger partial charge is 0.497 e. The molecule has 0 aliphatic carbocycles. The second-order valence-electron chi connectivity index (χ2n) is 6.69. The molecule has 1 aromatic carbocycles. The number of carbonyl (C=O) groups is 1. The molecule has 154 valence electrons. The molecule has 0 bridgehead atoms. The predicted molar refractivity (Wildman–Crippen MR) is 105 cm³/mol. The van der Waals surface area contributed by atoms with E-state index in [1.807, 2.05) is 0 Å². The number of fused-ring (bicyclic) bond motifs is 1. The van der Waals surface area contributed by atoms with Gasteiger partial charge in [0.15, 0.2) is 0 Å². The Morgan fingerprint density at radius 1 is 1.30 bits per heavy atom. The Morgan fingerprint density at radius 3 is 2.77 bits per heavy atom. The van der Waals surface area contributed by atoms with Crippen LogP contribution in [-0.2, 0) is 13.6 Å². The van der Waals surface area contributed by atoms with E-state index in [0.717, 1.165) is 0 Å². The first-order chi connectivity index (χ1) is 14.4. The summed E-state index contributed by atoms with van der Waals surface area (Å²) in [7, 11) is 2.96. The molecule has 1 amide bonds. The van der Waals surface area contributed by atoms with Crippen LogP contribution in [0.3, 0.4) is 0 Å². The summed E-state index contributed by atoms with van der Waals surface area (Å²) in [5, 5.41) is 6.47. The number of amides is 1. The monoisotopic (exact) mass is 411 g/mol. The molecule has 30 heavy (non-hydrogen) atoms. The van der Waals surface area contributed by atoms with Crippen LogP contribution in [0.1, 0.15) is 21.9 Å². The number of benzene rings is 1. The van der Waals surface area contributed by atoms with E-state index in [0.29, 0.717) is 22.9 Å². The van der Waals surface area contributed by atoms with Crippen molar-refractivity contribution in [3.05, 3.63) is 70.0 Å². The van der Waals surface area contributed by atoms with Crippen LogP contribution in [0.2, 0.25) is 0 Å². The van der Waals surface area contributed by atoms with Crippen molar-refractivity contribution in [1.82, 2.24) is 24.4 Å². The van der Waals surface area contributed by atoms with Crippen LogP contribution in [0.15, 0.2) is 46.0 Å². The zero-order valence-electron chi connectivity index (χ0n) is 16.5. The first kappa shape index (κ1) is 19.4. The van der Waals surface area contributed by atoms with Crippen molar-refractivity contribution < 1.29 is 18.4 Å². The molecule has 1 N–H and O–H groups in total. The third kappa shape index (κ3) is 3.43. The summed E-state index contributed by atoms with van der Waals surface area (Å²) in [6, 6.07) is 6.07. The molecule has 4 rings (SSSR count). The van der Waals surface area contributed by atoms with Gasteiger partial charge in [0.25, 0.3) is 11.5 Å². The molecule has 0 aliphatic heterocycles. The molecule has 0 unspecified atom stereocenters. The van der Waals surface area contributed by atoms with Gasteiger partial charge in [-0.1, -0.05) is 5.16 Å². The fourth-order valence-corrected chi connectivity index (χ4v) is 3.08. The van der Waals surface area contributed by atoms with Crippen molar-refractivity contribution in [3.63, 3.8) is 0 Å². The molecule has 0 atom stereocenters. The van der Waals surface area contributed by atoms with Crippen molar-refractivity contribution in [2.24, 2.45) is 7.05 Å². The van der Waals surface area contributed by atoms with Crippen molar-refractivity contribution in [2.75, 3.05) is 7.11 Å². The minimum Gasteiger partial charge on any atom is -0.497 e. The normalized spacial score (nSPS) is 11.1. The standard InChI is InChI=1S/C20H18FN5O4/c1-11-6-12(24-30-11)8-22-19(27)16-9-26-10-17(25(2)20(28)18(26)23-16)14-5-4-13(29-3)7-15(14)21/h4-7,9-10H,8H2,1-3H3,(H,22,27). The summed E-state index contributed by atoms with van der Waals surface area (Å²) >= 11 is 0. The number of methoxy groups -OCH3 is 1. The molecular weight excluding hydrogens is 393 g/mol. The maximum absolute atomic E-state index is 14.5. The molecule has 10 heteroatoms. The van der Waals surface area contributed by atoms with E-state index in [2.05, 4.69) is 15.5 Å². The second-order valence-corrected chi connectivity index (χ2v) is 6.69. The molecule has 3 heterocycles. The fourth-order valence-electron chi connectivity index (χ4n) is 3.08. The van der Waals surface area contributed by atoms with Crippen LogP contribution in [0.25, 0.3) is 16.9 Å². The molecule has 3 aromatic heterocycles. The summed E-state index contributed by atoms with van der Waals surface area (Å²) in [4.78, 5) is 29.3. The number of hydrogen-bond donors (Lipinski definition) is 1. The molecular formula is C20H18FN5O4. The van der Waals surface area contributed by atoms with E-state index in [9.17, 15) is 14.0 Å². The molecule has 0 saturated heterocycles. The summed E-state index contributed by atoms with van der Waals surface area (Å²) in [5.74, 6) is -0.0109. The lowest BCUT2D eigenvalue weighted by atomic mass is 10.1. The Labute approximate surface area is 169 Å². The van der Waals surface area contributed by atoms with Crippen molar-refractivity contribution >= 4 is 11.6 Å². The molecule has 0 aliphatic rings. The Morgan fingerprint density at radius 2 is 2.10 bits per heavy atom. The van der Waals surface area contributed by atoms with Crippen LogP contribution < -0.4 is 15.6 Å². The molecule has 0 saturated carbocycles. The number of rotatable bonds is 5. The maximum atomic E-state index is 14.5. The highest BCUT2D eigenvalue weighted by molar-refractivity contribution is 5.92. The first-order valence-corrected chi connectivity index (χ1v) is 9.00. The van der Waals surface area contributed by atoms with Gasteiger partial charge >= 0.3 is 0 Å². The highest BCUT2D eigenvalue weighted by Gasteiger charge is 2.17. The lowest BCUT2D eigenvalue weighted by Gasteiger charge is -2.11. The summed E-state index contributed by atoms with van der Waals surface area (Å²) in [6.45, 7) is 1.91. The van der Waals surface area contributed by atoms with E-state index in [1.165, 1.54) is 41.5 Å². The van der Waals surface area contributed by atoms with Crippen LogP contribution in [0.5, 0.6) is 5.75 Å². The van der Waals surface area contributed by atoms with Gasteiger partial charge in [-0.25, -0.2) is 9.37 Å². The van der Waals surface area contributed by atoms with E-state index < -0.39 is 17.3 Å². The number of aromatic nitrogens is 4. The molecule has 0 spiro atoms. The first-order valence-electron chi connectivity index (χ1n) is 9.00. The number of hydrogen-bond acceptors (Lipinski definition) is 6. The van der Waals surface area contributed by atoms with E-state index in [1.54, 1.807) is 25.3 Å². The minimum atomic E-state index is -0.537. The number of aryl methyl sites for hydroxylation is 1. The van der Waals surface area contributed by atoms with Gasteiger partial charge in [0, 0.05) is 37.1 Å². The average Bonchev–Trinajstić information content (AvgIpc) is 3.35. The number of imidazole rings is 1. The molecule has 0 fully saturated rings. The third-order valence-corrected chi connectivity index (χ3v) is 4.64. The zero-order valence-corrected chi connectivity index (χ0v) is 16.5. The minimum absolute atomic E-state index is 0.0533. The SMILES string of the molecule is COc1ccc(-c2cn3cc(C(=O)NCc4cc(C)on4)nc3c(=O)n2C)c(F)c1. The topological polar surface area (TPSA) is 104 Å². The van der Waals surface area contributed by atoms with Gasteiger partial charge < -0.3 is 19.1 Å². The van der Waals surface area contributed by atoms with Gasteiger partial charge in [0.1, 0.15) is 28.7 Å². The fraction of sp³-hybridized carbons (Fsp3) is 0.200. The zero-order chi connectivity index (χ0) is 21.4. The average molecular weight is 411 g/mol. The van der Waals surface area contributed by atoms with Gasteiger partial charge in [-0.15, -0.1) is 0 Å². The summed E-state index contributed by atoms with van der Waals surface area (Å²) in [6.07, 6.45) is 2.97. The lowest BCUT2D eigenvalue weighted by Crippen LogP contribution is -2.23. The summed E-state index contributed by atoms with van der Waals surface area (Å²) < 4.78 is 27.2.